The Balaban J connectivity index is 1.76. The van der Waals surface area contributed by atoms with E-state index >= 15 is 0 Å². The number of aryl methyl sites for hydroxylation is 1. The number of amides is 1. The van der Waals surface area contributed by atoms with Crippen LogP contribution in [0.2, 0.25) is 0 Å². The Morgan fingerprint density at radius 3 is 2.53 bits per heavy atom. The average molecular weight is 432 g/mol. The number of nitro benzene ring substituents is 1. The molecule has 162 valence electrons. The van der Waals surface area contributed by atoms with E-state index < -0.39 is 28.4 Å². The molecule has 1 N–H and O–H groups in total. The molecule has 3 aromatic rings. The highest BCUT2D eigenvalue weighted by Crippen LogP contribution is 2.40. The molecule has 1 amide bonds. The number of furan rings is 1. The molecule has 4 rings (SSSR count). The minimum atomic E-state index is -0.982. The molecule has 0 spiro atoms. The summed E-state index contributed by atoms with van der Waals surface area (Å²) in [5.74, 6) is -1.52. The number of rotatable bonds is 7. The second-order valence-electron chi connectivity index (χ2n) is 7.49. The summed E-state index contributed by atoms with van der Waals surface area (Å²) in [5.41, 5.74) is 0.998. The largest absolute Gasteiger partial charge is 0.503 e. The lowest BCUT2D eigenvalue weighted by Crippen LogP contribution is -2.33. The Kier molecular flexibility index (Phi) is 5.59. The van der Waals surface area contributed by atoms with Crippen LogP contribution in [-0.4, -0.2) is 33.2 Å². The lowest BCUT2D eigenvalue weighted by molar-refractivity contribution is -0.384. The predicted octanol–water partition coefficient (Wildman–Crippen LogP) is 4.32. The molecule has 0 fully saturated rings. The van der Waals surface area contributed by atoms with E-state index in [1.165, 1.54) is 29.2 Å². The lowest BCUT2D eigenvalue weighted by atomic mass is 9.94. The molecular weight excluding hydrogens is 412 g/mol. The molecule has 0 bridgehead atoms. The normalized spacial score (nSPS) is 16.0. The highest BCUT2D eigenvalue weighted by Gasteiger charge is 2.44. The number of nitrogens with zero attached hydrogens (tertiary/aromatic N) is 2. The average Bonchev–Trinajstić information content (AvgIpc) is 3.34. The van der Waals surface area contributed by atoms with Crippen LogP contribution in [0.15, 0.2) is 82.5 Å². The van der Waals surface area contributed by atoms with Gasteiger partial charge in [0.1, 0.15) is 5.76 Å². The summed E-state index contributed by atoms with van der Waals surface area (Å²) >= 11 is 0. The first-order valence-electron chi connectivity index (χ1n) is 10.0. The number of aliphatic hydroxyl groups excluding tert-OH is 1. The summed E-state index contributed by atoms with van der Waals surface area (Å²) < 4.78 is 5.42. The standard InChI is InChI=1S/C24H20N2O6/c1-15-10-11-19(32-15)22(27)20-21(17-8-5-9-18(14-17)26(30)31)25(24(29)23(20)28)13-12-16-6-3-2-4-7-16/h2-11,14,21,28H,12-13H2,1H3. The van der Waals surface area contributed by atoms with Gasteiger partial charge in [0, 0.05) is 18.7 Å². The number of benzene rings is 2. The second kappa shape index (κ2) is 8.50. The first-order valence-corrected chi connectivity index (χ1v) is 10.0. The fourth-order valence-electron chi connectivity index (χ4n) is 3.85. The van der Waals surface area contributed by atoms with Gasteiger partial charge in [0.05, 0.1) is 16.5 Å². The van der Waals surface area contributed by atoms with Crippen molar-refractivity contribution in [3.05, 3.63) is 111 Å². The van der Waals surface area contributed by atoms with Gasteiger partial charge in [0.2, 0.25) is 5.78 Å². The van der Waals surface area contributed by atoms with Crippen LogP contribution in [0.5, 0.6) is 0 Å². The van der Waals surface area contributed by atoms with Crippen LogP contribution < -0.4 is 0 Å². The van der Waals surface area contributed by atoms with Gasteiger partial charge in [-0.2, -0.15) is 0 Å². The summed E-state index contributed by atoms with van der Waals surface area (Å²) in [7, 11) is 0. The second-order valence-corrected chi connectivity index (χ2v) is 7.49. The number of hydrogen-bond acceptors (Lipinski definition) is 6. The van der Waals surface area contributed by atoms with Crippen LogP contribution in [0.1, 0.15) is 33.5 Å². The van der Waals surface area contributed by atoms with Crippen LogP contribution in [0, 0.1) is 17.0 Å². The number of carbonyl (C=O) groups is 2. The molecule has 32 heavy (non-hydrogen) atoms. The van der Waals surface area contributed by atoms with E-state index in [1.807, 2.05) is 30.3 Å². The molecule has 1 atom stereocenters. The lowest BCUT2D eigenvalue weighted by Gasteiger charge is -2.26. The zero-order valence-electron chi connectivity index (χ0n) is 17.2. The van der Waals surface area contributed by atoms with E-state index in [-0.39, 0.29) is 23.6 Å². The maximum Gasteiger partial charge on any atom is 0.290 e. The fourth-order valence-corrected chi connectivity index (χ4v) is 3.85. The van der Waals surface area contributed by atoms with Crippen molar-refractivity contribution in [1.29, 1.82) is 0 Å². The molecule has 8 heteroatoms. The van der Waals surface area contributed by atoms with Crippen molar-refractivity contribution in [1.82, 2.24) is 4.90 Å². The molecule has 1 unspecified atom stereocenters. The summed E-state index contributed by atoms with van der Waals surface area (Å²) in [6, 6.07) is 17.3. The summed E-state index contributed by atoms with van der Waals surface area (Å²) in [6.07, 6.45) is 0.479. The minimum Gasteiger partial charge on any atom is -0.503 e. The van der Waals surface area contributed by atoms with Gasteiger partial charge in [0.25, 0.3) is 11.6 Å². The molecule has 2 heterocycles. The molecule has 0 saturated carbocycles. The zero-order chi connectivity index (χ0) is 22.8. The quantitative estimate of drug-likeness (QED) is 0.338. The van der Waals surface area contributed by atoms with E-state index in [0.717, 1.165) is 5.56 Å². The number of ketones is 1. The molecule has 1 aliphatic heterocycles. The molecule has 1 aromatic heterocycles. The third-order valence-corrected chi connectivity index (χ3v) is 5.39. The summed E-state index contributed by atoms with van der Waals surface area (Å²) in [6.45, 7) is 1.88. The number of non-ortho nitro benzene ring substituents is 1. The van der Waals surface area contributed by atoms with Gasteiger partial charge in [-0.1, -0.05) is 42.5 Å². The van der Waals surface area contributed by atoms with E-state index in [0.29, 0.717) is 17.7 Å². The Morgan fingerprint density at radius 2 is 1.88 bits per heavy atom. The Morgan fingerprint density at radius 1 is 1.12 bits per heavy atom. The molecule has 8 nitrogen and oxygen atoms in total. The first kappa shape index (κ1) is 21.0. The van der Waals surface area contributed by atoms with Crippen molar-refractivity contribution < 1.29 is 24.0 Å². The van der Waals surface area contributed by atoms with Crippen LogP contribution in [0.25, 0.3) is 0 Å². The molecular formula is C24H20N2O6. The van der Waals surface area contributed by atoms with E-state index in [2.05, 4.69) is 0 Å². The van der Waals surface area contributed by atoms with Gasteiger partial charge >= 0.3 is 0 Å². The van der Waals surface area contributed by atoms with Gasteiger partial charge in [0.15, 0.2) is 11.5 Å². The topological polar surface area (TPSA) is 114 Å². The van der Waals surface area contributed by atoms with Crippen molar-refractivity contribution in [2.45, 2.75) is 19.4 Å². The van der Waals surface area contributed by atoms with Crippen molar-refractivity contribution in [3.63, 3.8) is 0 Å². The van der Waals surface area contributed by atoms with Gasteiger partial charge < -0.3 is 14.4 Å². The van der Waals surface area contributed by atoms with Crippen LogP contribution >= 0.6 is 0 Å². The highest BCUT2D eigenvalue weighted by molar-refractivity contribution is 6.15. The third kappa shape index (κ3) is 3.90. The van der Waals surface area contributed by atoms with Crippen molar-refractivity contribution in [2.24, 2.45) is 0 Å². The van der Waals surface area contributed by atoms with Crippen LogP contribution in [0.4, 0.5) is 5.69 Å². The Labute approximate surface area is 183 Å². The molecule has 0 radical (unpaired) electrons. The van der Waals surface area contributed by atoms with E-state index in [1.54, 1.807) is 19.1 Å². The molecule has 2 aromatic carbocycles. The summed E-state index contributed by atoms with van der Waals surface area (Å²) in [5, 5.41) is 22.0. The first-order chi connectivity index (χ1) is 15.4. The Hall–Kier alpha value is -4.20. The third-order valence-electron chi connectivity index (χ3n) is 5.39. The summed E-state index contributed by atoms with van der Waals surface area (Å²) in [4.78, 5) is 38.3. The smallest absolute Gasteiger partial charge is 0.290 e. The monoisotopic (exact) mass is 432 g/mol. The maximum absolute atomic E-state index is 13.2. The van der Waals surface area contributed by atoms with Crippen molar-refractivity contribution in [3.8, 4) is 0 Å². The van der Waals surface area contributed by atoms with Gasteiger partial charge in [-0.15, -0.1) is 0 Å². The predicted molar refractivity (Wildman–Crippen MR) is 115 cm³/mol. The highest BCUT2D eigenvalue weighted by atomic mass is 16.6. The van der Waals surface area contributed by atoms with Gasteiger partial charge in [-0.05, 0) is 36.6 Å². The Bertz CT molecular complexity index is 1230. The number of nitro groups is 1. The van der Waals surface area contributed by atoms with E-state index in [4.69, 9.17) is 4.42 Å². The fraction of sp³-hybridized carbons (Fsp3) is 0.167. The SMILES string of the molecule is Cc1ccc(C(=O)C2=C(O)C(=O)N(CCc3ccccc3)C2c2cccc([N+](=O)[O-])c2)o1. The molecule has 1 aliphatic rings. The van der Waals surface area contributed by atoms with E-state index in [9.17, 15) is 24.8 Å². The minimum absolute atomic E-state index is 0.0165. The molecule has 0 aliphatic carbocycles. The number of hydrogen-bond donors (Lipinski definition) is 1. The van der Waals surface area contributed by atoms with Gasteiger partial charge in [-0.3, -0.25) is 19.7 Å². The number of Topliss-reactive ketones (excluding diaryl/α,β-unsaturated/α-hetero) is 1. The van der Waals surface area contributed by atoms with Crippen LogP contribution in [0.3, 0.4) is 0 Å². The van der Waals surface area contributed by atoms with Gasteiger partial charge in [-0.25, -0.2) is 0 Å². The molecule has 0 saturated heterocycles. The van der Waals surface area contributed by atoms with Crippen molar-refractivity contribution in [2.75, 3.05) is 6.54 Å². The number of carbonyl (C=O) groups excluding carboxylic acids is 2. The zero-order valence-corrected chi connectivity index (χ0v) is 17.2. The van der Waals surface area contributed by atoms with Crippen molar-refractivity contribution >= 4 is 17.4 Å². The maximum atomic E-state index is 13.2. The number of aliphatic hydroxyl groups is 1. The van der Waals surface area contributed by atoms with Crippen LogP contribution in [-0.2, 0) is 11.2 Å².